The molecule has 21 heavy (non-hydrogen) atoms. The van der Waals surface area contributed by atoms with Crippen molar-refractivity contribution in [2.24, 2.45) is 5.92 Å². The number of piperidine rings is 1. The van der Waals surface area contributed by atoms with Crippen molar-refractivity contribution in [3.05, 3.63) is 30.1 Å². The quantitative estimate of drug-likeness (QED) is 0.858. The second-order valence-corrected chi connectivity index (χ2v) is 5.16. The van der Waals surface area contributed by atoms with Gasteiger partial charge in [0.15, 0.2) is 0 Å². The van der Waals surface area contributed by atoms with E-state index in [2.05, 4.69) is 5.32 Å². The summed E-state index contributed by atoms with van der Waals surface area (Å²) in [7, 11) is 1.37. The number of halogens is 1. The molecule has 2 rings (SSSR count). The first kappa shape index (κ1) is 15.4. The Morgan fingerprint density at radius 2 is 2.29 bits per heavy atom. The van der Waals surface area contributed by atoms with Gasteiger partial charge < -0.3 is 10.1 Å². The van der Waals surface area contributed by atoms with Gasteiger partial charge in [-0.1, -0.05) is 6.07 Å². The number of amides is 1. The molecule has 1 heterocycles. The van der Waals surface area contributed by atoms with E-state index in [1.807, 2.05) is 4.90 Å². The van der Waals surface area contributed by atoms with Crippen LogP contribution in [0.15, 0.2) is 24.3 Å². The molecular formula is C15H19FN2O3. The molecule has 0 bridgehead atoms. The first-order chi connectivity index (χ1) is 10.1. The third-order valence-electron chi connectivity index (χ3n) is 3.52. The minimum atomic E-state index is -0.392. The maximum atomic E-state index is 13.0. The lowest BCUT2D eigenvalue weighted by Gasteiger charge is -2.30. The molecule has 1 atom stereocenters. The van der Waals surface area contributed by atoms with E-state index in [0.717, 1.165) is 19.4 Å². The topological polar surface area (TPSA) is 58.6 Å². The Labute approximate surface area is 123 Å². The molecule has 1 aliphatic rings. The SMILES string of the molecule is COC(=O)C1CCCN(CC(=O)Nc2cccc(F)c2)C1. The van der Waals surface area contributed by atoms with Crippen LogP contribution >= 0.6 is 0 Å². The lowest BCUT2D eigenvalue weighted by Crippen LogP contribution is -2.42. The number of nitrogens with zero attached hydrogens (tertiary/aromatic N) is 1. The van der Waals surface area contributed by atoms with Crippen LogP contribution in [0, 0.1) is 11.7 Å². The molecule has 114 valence electrons. The third kappa shape index (κ3) is 4.53. The van der Waals surface area contributed by atoms with Crippen LogP contribution in [-0.2, 0) is 14.3 Å². The second kappa shape index (κ2) is 7.17. The Morgan fingerprint density at radius 3 is 3.00 bits per heavy atom. The molecule has 1 fully saturated rings. The molecule has 1 aliphatic heterocycles. The minimum absolute atomic E-state index is 0.175. The van der Waals surface area contributed by atoms with E-state index >= 15 is 0 Å². The molecule has 1 saturated heterocycles. The van der Waals surface area contributed by atoms with E-state index in [4.69, 9.17) is 4.74 Å². The number of carbonyl (C=O) groups excluding carboxylic acids is 2. The van der Waals surface area contributed by atoms with E-state index in [0.29, 0.717) is 12.2 Å². The summed E-state index contributed by atoms with van der Waals surface area (Å²) in [6.07, 6.45) is 1.64. The average Bonchev–Trinajstić information content (AvgIpc) is 2.46. The Morgan fingerprint density at radius 1 is 1.48 bits per heavy atom. The number of methoxy groups -OCH3 is 1. The van der Waals surface area contributed by atoms with Crippen molar-refractivity contribution < 1.29 is 18.7 Å². The molecule has 0 saturated carbocycles. The fraction of sp³-hybridized carbons (Fsp3) is 0.467. The van der Waals surface area contributed by atoms with Crippen molar-refractivity contribution in [3.63, 3.8) is 0 Å². The summed E-state index contributed by atoms with van der Waals surface area (Å²) in [5, 5.41) is 2.65. The number of rotatable bonds is 4. The zero-order valence-corrected chi connectivity index (χ0v) is 12.0. The molecule has 1 aromatic carbocycles. The number of likely N-dealkylation sites (tertiary alicyclic amines) is 1. The highest BCUT2D eigenvalue weighted by atomic mass is 19.1. The molecule has 1 unspecified atom stereocenters. The van der Waals surface area contributed by atoms with E-state index in [1.54, 1.807) is 12.1 Å². The first-order valence-electron chi connectivity index (χ1n) is 6.94. The summed E-state index contributed by atoms with van der Waals surface area (Å²) in [4.78, 5) is 25.4. The number of anilines is 1. The molecule has 0 radical (unpaired) electrons. The van der Waals surface area contributed by atoms with Crippen molar-refractivity contribution in [2.75, 3.05) is 32.1 Å². The van der Waals surface area contributed by atoms with E-state index in [-0.39, 0.29) is 24.3 Å². The molecule has 0 aromatic heterocycles. The monoisotopic (exact) mass is 294 g/mol. The van der Waals surface area contributed by atoms with Gasteiger partial charge in [-0.25, -0.2) is 4.39 Å². The van der Waals surface area contributed by atoms with Gasteiger partial charge in [0.2, 0.25) is 5.91 Å². The average molecular weight is 294 g/mol. The van der Waals surface area contributed by atoms with Gasteiger partial charge in [-0.2, -0.15) is 0 Å². The molecule has 6 heteroatoms. The summed E-state index contributed by atoms with van der Waals surface area (Å²) in [5.74, 6) is -1.02. The Bertz CT molecular complexity index is 521. The van der Waals surface area contributed by atoms with Gasteiger partial charge in [0, 0.05) is 12.2 Å². The molecular weight excluding hydrogens is 275 g/mol. The zero-order chi connectivity index (χ0) is 15.2. The van der Waals surface area contributed by atoms with Crippen LogP contribution < -0.4 is 5.32 Å². The van der Waals surface area contributed by atoms with Gasteiger partial charge >= 0.3 is 5.97 Å². The molecule has 0 aliphatic carbocycles. The maximum absolute atomic E-state index is 13.0. The van der Waals surface area contributed by atoms with Crippen LogP contribution in [0.1, 0.15) is 12.8 Å². The van der Waals surface area contributed by atoms with Crippen molar-refractivity contribution in [1.82, 2.24) is 4.90 Å². The van der Waals surface area contributed by atoms with Gasteiger partial charge in [-0.3, -0.25) is 14.5 Å². The molecule has 5 nitrogen and oxygen atoms in total. The highest BCUT2D eigenvalue weighted by Crippen LogP contribution is 2.17. The van der Waals surface area contributed by atoms with Gasteiger partial charge in [0.25, 0.3) is 0 Å². The normalized spacial score (nSPS) is 19.0. The van der Waals surface area contributed by atoms with Crippen LogP contribution in [0.3, 0.4) is 0 Å². The minimum Gasteiger partial charge on any atom is -0.469 e. The van der Waals surface area contributed by atoms with Gasteiger partial charge in [0.1, 0.15) is 5.82 Å². The number of ether oxygens (including phenoxy) is 1. The van der Waals surface area contributed by atoms with Crippen LogP contribution in [0.5, 0.6) is 0 Å². The third-order valence-corrected chi connectivity index (χ3v) is 3.52. The van der Waals surface area contributed by atoms with Crippen molar-refractivity contribution >= 4 is 17.6 Å². The number of esters is 1. The van der Waals surface area contributed by atoms with Crippen molar-refractivity contribution in [3.8, 4) is 0 Å². The molecule has 0 spiro atoms. The van der Waals surface area contributed by atoms with Crippen molar-refractivity contribution in [2.45, 2.75) is 12.8 Å². The predicted octanol–water partition coefficient (Wildman–Crippen LogP) is 1.65. The predicted molar refractivity (Wildman–Crippen MR) is 76.2 cm³/mol. The lowest BCUT2D eigenvalue weighted by molar-refractivity contribution is -0.147. The number of hydrogen-bond acceptors (Lipinski definition) is 4. The second-order valence-electron chi connectivity index (χ2n) is 5.16. The van der Waals surface area contributed by atoms with E-state index < -0.39 is 5.82 Å². The van der Waals surface area contributed by atoms with E-state index in [1.165, 1.54) is 19.2 Å². The highest BCUT2D eigenvalue weighted by molar-refractivity contribution is 5.92. The number of nitrogens with one attached hydrogen (secondary N) is 1. The summed E-state index contributed by atoms with van der Waals surface area (Å²) in [6, 6.07) is 5.76. The number of carbonyl (C=O) groups is 2. The fourth-order valence-corrected chi connectivity index (χ4v) is 2.53. The number of benzene rings is 1. The van der Waals surface area contributed by atoms with Crippen LogP contribution in [0.4, 0.5) is 10.1 Å². The summed E-state index contributed by atoms with van der Waals surface area (Å²) in [6.45, 7) is 1.47. The van der Waals surface area contributed by atoms with Gasteiger partial charge in [0.05, 0.1) is 19.6 Å². The Balaban J connectivity index is 1.86. The largest absolute Gasteiger partial charge is 0.469 e. The smallest absolute Gasteiger partial charge is 0.309 e. The highest BCUT2D eigenvalue weighted by Gasteiger charge is 2.27. The maximum Gasteiger partial charge on any atom is 0.309 e. The van der Waals surface area contributed by atoms with Gasteiger partial charge in [-0.05, 0) is 37.6 Å². The summed E-state index contributed by atoms with van der Waals surface area (Å²) in [5.41, 5.74) is 0.432. The zero-order valence-electron chi connectivity index (χ0n) is 12.0. The number of hydrogen-bond donors (Lipinski definition) is 1. The molecule has 1 aromatic rings. The first-order valence-corrected chi connectivity index (χ1v) is 6.94. The van der Waals surface area contributed by atoms with E-state index in [9.17, 15) is 14.0 Å². The molecule has 1 N–H and O–H groups in total. The van der Waals surface area contributed by atoms with Crippen molar-refractivity contribution in [1.29, 1.82) is 0 Å². The Kier molecular flexibility index (Phi) is 5.27. The van der Waals surface area contributed by atoms with Crippen LogP contribution in [-0.4, -0.2) is 43.5 Å². The lowest BCUT2D eigenvalue weighted by atomic mass is 9.98. The summed E-state index contributed by atoms with van der Waals surface area (Å²) >= 11 is 0. The fourth-order valence-electron chi connectivity index (χ4n) is 2.53. The standard InChI is InChI=1S/C15H19FN2O3/c1-21-15(20)11-4-3-7-18(9-11)10-14(19)17-13-6-2-5-12(16)8-13/h2,5-6,8,11H,3-4,7,9-10H2,1H3,(H,17,19). The van der Waals surface area contributed by atoms with Crippen LogP contribution in [0.2, 0.25) is 0 Å². The summed E-state index contributed by atoms with van der Waals surface area (Å²) < 4.78 is 17.8. The van der Waals surface area contributed by atoms with Gasteiger partial charge in [-0.15, -0.1) is 0 Å². The Hall–Kier alpha value is -1.95. The molecule has 1 amide bonds. The van der Waals surface area contributed by atoms with Crippen LogP contribution in [0.25, 0.3) is 0 Å².